The number of carbonyl (C=O) groups is 1. The number of nitrogens with one attached hydrogen (secondary N) is 1. The van der Waals surface area contributed by atoms with E-state index in [9.17, 15) is 13.6 Å². The zero-order valence-corrected chi connectivity index (χ0v) is 18.8. The highest BCUT2D eigenvalue weighted by molar-refractivity contribution is 5.93. The summed E-state index contributed by atoms with van der Waals surface area (Å²) in [6.07, 6.45) is 0.723. The zero-order valence-electron chi connectivity index (χ0n) is 18.8. The second-order valence-electron chi connectivity index (χ2n) is 7.63. The van der Waals surface area contributed by atoms with Gasteiger partial charge in [0, 0.05) is 12.2 Å². The summed E-state index contributed by atoms with van der Waals surface area (Å²) in [7, 11) is 1.82. The number of likely N-dealkylation sites (N-methyl/N-ethyl adjacent to an activating group) is 1. The Bertz CT molecular complexity index is 1040. The Hall–Kier alpha value is -3.45. The van der Waals surface area contributed by atoms with Crippen LogP contribution in [0.15, 0.2) is 72.8 Å². The Labute approximate surface area is 192 Å². The smallest absolute Gasteiger partial charge is 0.387 e. The fourth-order valence-electron chi connectivity index (χ4n) is 3.53. The molecular formula is C26H28F2N2O3. The van der Waals surface area contributed by atoms with Gasteiger partial charge < -0.3 is 14.8 Å². The van der Waals surface area contributed by atoms with E-state index in [0.29, 0.717) is 13.2 Å². The molecule has 5 nitrogen and oxygen atoms in total. The van der Waals surface area contributed by atoms with Gasteiger partial charge in [-0.05, 0) is 55.3 Å². The van der Waals surface area contributed by atoms with Crippen molar-refractivity contribution in [2.24, 2.45) is 0 Å². The minimum absolute atomic E-state index is 0.00832. The molecule has 174 valence electrons. The Balaban J connectivity index is 1.61. The van der Waals surface area contributed by atoms with Crippen molar-refractivity contribution in [3.8, 4) is 11.5 Å². The van der Waals surface area contributed by atoms with Gasteiger partial charge in [-0.1, -0.05) is 54.6 Å². The summed E-state index contributed by atoms with van der Waals surface area (Å²) in [5, 5.41) is 3.00. The first-order valence-electron chi connectivity index (χ1n) is 10.8. The van der Waals surface area contributed by atoms with E-state index in [-0.39, 0.29) is 24.0 Å². The second-order valence-corrected chi connectivity index (χ2v) is 7.63. The van der Waals surface area contributed by atoms with Gasteiger partial charge in [0.2, 0.25) is 5.91 Å². The maximum absolute atomic E-state index is 12.7. The first kappa shape index (κ1) is 24.2. The Morgan fingerprint density at radius 1 is 0.970 bits per heavy atom. The summed E-state index contributed by atoms with van der Waals surface area (Å²) in [4.78, 5) is 14.5. The van der Waals surface area contributed by atoms with Crippen LogP contribution in [0.25, 0.3) is 0 Å². The number of halogens is 2. The van der Waals surface area contributed by atoms with Crippen molar-refractivity contribution in [3.63, 3.8) is 0 Å². The molecule has 0 aromatic heterocycles. The SMILES string of the molecule is CCOc1cc(CN(C)CC(=O)Nc2ccccc2Cc2ccccc2)ccc1OC(F)F. The molecule has 33 heavy (non-hydrogen) atoms. The van der Waals surface area contributed by atoms with Gasteiger partial charge >= 0.3 is 6.61 Å². The van der Waals surface area contributed by atoms with Crippen LogP contribution in [0.5, 0.6) is 11.5 Å². The van der Waals surface area contributed by atoms with Crippen LogP contribution in [-0.4, -0.2) is 37.6 Å². The lowest BCUT2D eigenvalue weighted by Gasteiger charge is -2.19. The number of para-hydroxylation sites is 1. The van der Waals surface area contributed by atoms with Gasteiger partial charge in [-0.2, -0.15) is 8.78 Å². The van der Waals surface area contributed by atoms with Crippen LogP contribution in [-0.2, 0) is 17.8 Å². The molecule has 0 unspecified atom stereocenters. The molecule has 3 aromatic carbocycles. The van der Waals surface area contributed by atoms with E-state index >= 15 is 0 Å². The van der Waals surface area contributed by atoms with E-state index in [1.807, 2.05) is 54.4 Å². The Kier molecular flexibility index (Phi) is 8.78. The van der Waals surface area contributed by atoms with E-state index in [1.165, 1.54) is 11.6 Å². The third kappa shape index (κ3) is 7.57. The van der Waals surface area contributed by atoms with Crippen LogP contribution in [0.2, 0.25) is 0 Å². The molecule has 3 rings (SSSR count). The van der Waals surface area contributed by atoms with Crippen LogP contribution in [0.3, 0.4) is 0 Å². The Morgan fingerprint density at radius 3 is 2.42 bits per heavy atom. The topological polar surface area (TPSA) is 50.8 Å². The molecule has 0 spiro atoms. The molecule has 3 aromatic rings. The molecule has 0 heterocycles. The standard InChI is InChI=1S/C26H28F2N2O3/c1-3-32-24-16-20(13-14-23(24)33-26(27)28)17-30(2)18-25(31)29-22-12-8-7-11-21(22)15-19-9-5-4-6-10-19/h4-14,16,26H,3,15,17-18H2,1-2H3,(H,29,31). The average molecular weight is 455 g/mol. The molecular weight excluding hydrogens is 426 g/mol. The summed E-state index contributed by atoms with van der Waals surface area (Å²) in [5.41, 5.74) is 3.81. The number of anilines is 1. The van der Waals surface area contributed by atoms with Crippen molar-refractivity contribution < 1.29 is 23.0 Å². The largest absolute Gasteiger partial charge is 0.490 e. The van der Waals surface area contributed by atoms with E-state index in [1.54, 1.807) is 19.1 Å². The van der Waals surface area contributed by atoms with Gasteiger partial charge in [0.25, 0.3) is 0 Å². The monoisotopic (exact) mass is 454 g/mol. The number of amides is 1. The molecule has 0 saturated heterocycles. The van der Waals surface area contributed by atoms with Crippen LogP contribution >= 0.6 is 0 Å². The first-order chi connectivity index (χ1) is 15.9. The molecule has 0 fully saturated rings. The predicted molar refractivity (Wildman–Crippen MR) is 125 cm³/mol. The van der Waals surface area contributed by atoms with Gasteiger partial charge in [-0.25, -0.2) is 0 Å². The first-order valence-corrected chi connectivity index (χ1v) is 10.8. The third-order valence-corrected chi connectivity index (χ3v) is 4.92. The minimum atomic E-state index is -2.92. The van der Waals surface area contributed by atoms with Crippen molar-refractivity contribution in [1.29, 1.82) is 0 Å². The van der Waals surface area contributed by atoms with Crippen LogP contribution in [0, 0.1) is 0 Å². The quantitative estimate of drug-likeness (QED) is 0.425. The van der Waals surface area contributed by atoms with Crippen LogP contribution in [0.1, 0.15) is 23.6 Å². The zero-order chi connectivity index (χ0) is 23.6. The maximum atomic E-state index is 12.7. The van der Waals surface area contributed by atoms with E-state index in [4.69, 9.17) is 4.74 Å². The van der Waals surface area contributed by atoms with Crippen molar-refractivity contribution in [2.75, 3.05) is 25.5 Å². The number of hydrogen-bond acceptors (Lipinski definition) is 4. The highest BCUT2D eigenvalue weighted by Crippen LogP contribution is 2.30. The highest BCUT2D eigenvalue weighted by Gasteiger charge is 2.14. The van der Waals surface area contributed by atoms with Gasteiger partial charge in [-0.15, -0.1) is 0 Å². The molecule has 0 aliphatic heterocycles. The summed E-state index contributed by atoms with van der Waals surface area (Å²) in [6, 6.07) is 22.6. The van der Waals surface area contributed by atoms with Crippen molar-refractivity contribution in [1.82, 2.24) is 4.90 Å². The lowest BCUT2D eigenvalue weighted by atomic mass is 10.0. The number of benzene rings is 3. The predicted octanol–water partition coefficient (Wildman–Crippen LogP) is 5.35. The van der Waals surface area contributed by atoms with Gasteiger partial charge in [-0.3, -0.25) is 9.69 Å². The van der Waals surface area contributed by atoms with E-state index < -0.39 is 6.61 Å². The number of carbonyl (C=O) groups excluding carboxylic acids is 1. The van der Waals surface area contributed by atoms with Gasteiger partial charge in [0.15, 0.2) is 11.5 Å². The van der Waals surface area contributed by atoms with E-state index in [0.717, 1.165) is 23.2 Å². The molecule has 0 saturated carbocycles. The lowest BCUT2D eigenvalue weighted by Crippen LogP contribution is -2.30. The summed E-state index contributed by atoms with van der Waals surface area (Å²) < 4.78 is 35.1. The number of hydrogen-bond donors (Lipinski definition) is 1. The van der Waals surface area contributed by atoms with Crippen LogP contribution in [0.4, 0.5) is 14.5 Å². The fourth-order valence-corrected chi connectivity index (χ4v) is 3.53. The molecule has 0 radical (unpaired) electrons. The third-order valence-electron chi connectivity index (χ3n) is 4.92. The van der Waals surface area contributed by atoms with Crippen molar-refractivity contribution in [2.45, 2.75) is 26.5 Å². The molecule has 0 aliphatic carbocycles. The number of rotatable bonds is 11. The van der Waals surface area contributed by atoms with Crippen molar-refractivity contribution in [3.05, 3.63) is 89.5 Å². The van der Waals surface area contributed by atoms with Crippen LogP contribution < -0.4 is 14.8 Å². The van der Waals surface area contributed by atoms with E-state index in [2.05, 4.69) is 22.2 Å². The average Bonchev–Trinajstić information content (AvgIpc) is 2.77. The Morgan fingerprint density at radius 2 is 1.70 bits per heavy atom. The highest BCUT2D eigenvalue weighted by atomic mass is 19.3. The molecule has 0 aliphatic rings. The number of nitrogens with zero attached hydrogens (tertiary/aromatic N) is 1. The normalized spacial score (nSPS) is 11.0. The molecule has 0 bridgehead atoms. The summed E-state index contributed by atoms with van der Waals surface area (Å²) in [6.45, 7) is -0.229. The number of ether oxygens (including phenoxy) is 2. The summed E-state index contributed by atoms with van der Waals surface area (Å²) >= 11 is 0. The van der Waals surface area contributed by atoms with Gasteiger partial charge in [0.1, 0.15) is 0 Å². The molecule has 1 amide bonds. The van der Waals surface area contributed by atoms with Gasteiger partial charge in [0.05, 0.1) is 13.2 Å². The summed E-state index contributed by atoms with van der Waals surface area (Å²) in [5.74, 6) is 0.106. The number of alkyl halides is 2. The fraction of sp³-hybridized carbons (Fsp3) is 0.269. The molecule has 0 atom stereocenters. The molecule has 1 N–H and O–H groups in total. The molecule has 7 heteroatoms. The maximum Gasteiger partial charge on any atom is 0.387 e. The lowest BCUT2D eigenvalue weighted by molar-refractivity contribution is -0.117. The minimum Gasteiger partial charge on any atom is -0.490 e. The second kappa shape index (κ2) is 12.0. The van der Waals surface area contributed by atoms with Crippen molar-refractivity contribution >= 4 is 11.6 Å².